The minimum atomic E-state index is -0.00994. The Kier molecular flexibility index (Phi) is 3.04. The van der Waals surface area contributed by atoms with Crippen LogP contribution in [0.1, 0.15) is 26.0 Å². The maximum absolute atomic E-state index is 6.10. The molecule has 4 heterocycles. The SMILES string of the molecule is CC1CCC(n2cc(-c3ccccn3)c3c(N)ncnc32)O1. The van der Waals surface area contributed by atoms with Crippen molar-refractivity contribution in [2.24, 2.45) is 0 Å². The molecule has 0 bridgehead atoms. The molecule has 4 rings (SSSR count). The van der Waals surface area contributed by atoms with Crippen LogP contribution in [-0.2, 0) is 4.74 Å². The average Bonchev–Trinajstić information content (AvgIpc) is 3.13. The van der Waals surface area contributed by atoms with Gasteiger partial charge in [-0.15, -0.1) is 0 Å². The summed E-state index contributed by atoms with van der Waals surface area (Å²) < 4.78 is 8.04. The zero-order valence-electron chi connectivity index (χ0n) is 12.3. The van der Waals surface area contributed by atoms with Crippen LogP contribution >= 0.6 is 0 Å². The molecule has 0 spiro atoms. The summed E-state index contributed by atoms with van der Waals surface area (Å²) in [6.45, 7) is 2.09. The summed E-state index contributed by atoms with van der Waals surface area (Å²) in [6, 6.07) is 5.81. The van der Waals surface area contributed by atoms with Crippen LogP contribution in [-0.4, -0.2) is 25.6 Å². The van der Waals surface area contributed by atoms with Crippen LogP contribution in [0.5, 0.6) is 0 Å². The lowest BCUT2D eigenvalue weighted by Gasteiger charge is -2.13. The smallest absolute Gasteiger partial charge is 0.148 e. The predicted octanol–water partition coefficient (Wildman–Crippen LogP) is 2.77. The van der Waals surface area contributed by atoms with Crippen LogP contribution in [0.15, 0.2) is 36.9 Å². The quantitative estimate of drug-likeness (QED) is 0.786. The summed E-state index contributed by atoms with van der Waals surface area (Å²) in [6.07, 6.45) is 7.56. The Labute approximate surface area is 128 Å². The fourth-order valence-corrected chi connectivity index (χ4v) is 3.03. The van der Waals surface area contributed by atoms with Crippen molar-refractivity contribution in [3.63, 3.8) is 0 Å². The number of ether oxygens (including phenoxy) is 1. The van der Waals surface area contributed by atoms with Crippen LogP contribution in [0.3, 0.4) is 0 Å². The Morgan fingerprint density at radius 2 is 2.14 bits per heavy atom. The monoisotopic (exact) mass is 295 g/mol. The normalized spacial score (nSPS) is 21.5. The molecule has 0 aliphatic carbocycles. The Bertz CT molecular complexity index is 814. The van der Waals surface area contributed by atoms with Gasteiger partial charge in [-0.3, -0.25) is 4.98 Å². The minimum absolute atomic E-state index is 0.00994. The number of fused-ring (bicyclic) bond motifs is 1. The lowest BCUT2D eigenvalue weighted by atomic mass is 10.1. The molecule has 0 amide bonds. The molecular formula is C16H17N5O. The number of hydrogen-bond acceptors (Lipinski definition) is 5. The Balaban J connectivity index is 1.94. The second kappa shape index (κ2) is 5.06. The largest absolute Gasteiger partial charge is 0.383 e. The molecule has 3 aromatic rings. The summed E-state index contributed by atoms with van der Waals surface area (Å²) in [5.74, 6) is 0.468. The van der Waals surface area contributed by atoms with E-state index in [1.54, 1.807) is 6.20 Å². The third-order valence-electron chi connectivity index (χ3n) is 4.10. The first kappa shape index (κ1) is 13.2. The molecule has 2 atom stereocenters. The van der Waals surface area contributed by atoms with Gasteiger partial charge in [0.1, 0.15) is 24.0 Å². The van der Waals surface area contributed by atoms with Gasteiger partial charge < -0.3 is 15.0 Å². The van der Waals surface area contributed by atoms with E-state index in [-0.39, 0.29) is 12.3 Å². The molecule has 1 aliphatic rings. The van der Waals surface area contributed by atoms with E-state index in [9.17, 15) is 0 Å². The topological polar surface area (TPSA) is 78.9 Å². The summed E-state index contributed by atoms with van der Waals surface area (Å²) in [5.41, 5.74) is 8.70. The lowest BCUT2D eigenvalue weighted by molar-refractivity contribution is 0.0135. The van der Waals surface area contributed by atoms with Crippen LogP contribution in [0.4, 0.5) is 5.82 Å². The van der Waals surface area contributed by atoms with E-state index in [2.05, 4.69) is 26.4 Å². The van der Waals surface area contributed by atoms with Crippen molar-refractivity contribution in [1.29, 1.82) is 0 Å². The van der Waals surface area contributed by atoms with Crippen molar-refractivity contribution in [2.75, 3.05) is 5.73 Å². The number of nitrogens with two attached hydrogens (primary N) is 1. The molecule has 6 heteroatoms. The predicted molar refractivity (Wildman–Crippen MR) is 84.0 cm³/mol. The van der Waals surface area contributed by atoms with E-state index in [0.29, 0.717) is 5.82 Å². The summed E-state index contributed by atoms with van der Waals surface area (Å²) in [4.78, 5) is 13.0. The van der Waals surface area contributed by atoms with Crippen molar-refractivity contribution in [3.8, 4) is 11.3 Å². The van der Waals surface area contributed by atoms with Gasteiger partial charge >= 0.3 is 0 Å². The molecule has 1 fully saturated rings. The van der Waals surface area contributed by atoms with Crippen LogP contribution in [0, 0.1) is 0 Å². The molecule has 112 valence electrons. The minimum Gasteiger partial charge on any atom is -0.383 e. The molecule has 0 saturated carbocycles. The first-order valence-corrected chi connectivity index (χ1v) is 7.42. The van der Waals surface area contributed by atoms with E-state index in [1.165, 1.54) is 6.33 Å². The van der Waals surface area contributed by atoms with Gasteiger partial charge in [-0.1, -0.05) is 6.07 Å². The van der Waals surface area contributed by atoms with Crippen molar-refractivity contribution < 1.29 is 4.74 Å². The first-order chi connectivity index (χ1) is 10.7. The second-order valence-electron chi connectivity index (χ2n) is 5.60. The van der Waals surface area contributed by atoms with E-state index in [1.807, 2.05) is 24.4 Å². The van der Waals surface area contributed by atoms with Crippen LogP contribution in [0.2, 0.25) is 0 Å². The molecule has 0 aromatic carbocycles. The first-order valence-electron chi connectivity index (χ1n) is 7.42. The Morgan fingerprint density at radius 1 is 1.23 bits per heavy atom. The van der Waals surface area contributed by atoms with Gasteiger partial charge in [-0.05, 0) is 31.9 Å². The van der Waals surface area contributed by atoms with E-state index in [0.717, 1.165) is 35.1 Å². The standard InChI is InChI=1S/C16H17N5O/c1-10-5-6-13(22-10)21-8-11(12-4-2-3-7-18-12)14-15(17)19-9-20-16(14)21/h2-4,7-10,13H,5-6H2,1H3,(H2,17,19,20). The third kappa shape index (κ3) is 2.03. The molecule has 1 saturated heterocycles. The highest BCUT2D eigenvalue weighted by atomic mass is 16.5. The summed E-state index contributed by atoms with van der Waals surface area (Å²) in [5, 5.41) is 0.837. The van der Waals surface area contributed by atoms with Crippen molar-refractivity contribution >= 4 is 16.9 Å². The van der Waals surface area contributed by atoms with Crippen LogP contribution < -0.4 is 5.73 Å². The third-order valence-corrected chi connectivity index (χ3v) is 4.10. The summed E-state index contributed by atoms with van der Waals surface area (Å²) in [7, 11) is 0. The maximum atomic E-state index is 6.10. The van der Waals surface area contributed by atoms with Gasteiger partial charge in [0.25, 0.3) is 0 Å². The number of rotatable bonds is 2. The zero-order chi connectivity index (χ0) is 15.1. The van der Waals surface area contributed by atoms with Crippen molar-refractivity contribution in [2.45, 2.75) is 32.1 Å². The fraction of sp³-hybridized carbons (Fsp3) is 0.312. The molecule has 3 aromatic heterocycles. The van der Waals surface area contributed by atoms with Gasteiger partial charge in [-0.25, -0.2) is 9.97 Å². The van der Waals surface area contributed by atoms with E-state index < -0.39 is 0 Å². The van der Waals surface area contributed by atoms with Crippen LogP contribution in [0.25, 0.3) is 22.3 Å². The fourth-order valence-electron chi connectivity index (χ4n) is 3.03. The van der Waals surface area contributed by atoms with Gasteiger partial charge in [0.05, 0.1) is 17.2 Å². The number of aromatic nitrogens is 4. The molecule has 1 aliphatic heterocycles. The number of nitrogen functional groups attached to an aromatic ring is 1. The van der Waals surface area contributed by atoms with Crippen molar-refractivity contribution in [1.82, 2.24) is 19.5 Å². The molecular weight excluding hydrogens is 278 g/mol. The van der Waals surface area contributed by atoms with Gasteiger partial charge in [-0.2, -0.15) is 0 Å². The number of anilines is 1. The number of nitrogens with zero attached hydrogens (tertiary/aromatic N) is 4. The highest BCUT2D eigenvalue weighted by Crippen LogP contribution is 2.37. The Morgan fingerprint density at radius 3 is 2.86 bits per heavy atom. The van der Waals surface area contributed by atoms with Crippen molar-refractivity contribution in [3.05, 3.63) is 36.9 Å². The molecule has 2 N–H and O–H groups in total. The maximum Gasteiger partial charge on any atom is 0.148 e. The Hall–Kier alpha value is -2.47. The van der Waals surface area contributed by atoms with E-state index >= 15 is 0 Å². The van der Waals surface area contributed by atoms with Gasteiger partial charge in [0.15, 0.2) is 0 Å². The number of hydrogen-bond donors (Lipinski definition) is 1. The zero-order valence-corrected chi connectivity index (χ0v) is 12.3. The molecule has 22 heavy (non-hydrogen) atoms. The second-order valence-corrected chi connectivity index (χ2v) is 5.60. The lowest BCUT2D eigenvalue weighted by Crippen LogP contribution is -2.09. The average molecular weight is 295 g/mol. The highest BCUT2D eigenvalue weighted by molar-refractivity contribution is 5.99. The highest BCUT2D eigenvalue weighted by Gasteiger charge is 2.27. The van der Waals surface area contributed by atoms with Gasteiger partial charge in [0.2, 0.25) is 0 Å². The molecule has 2 unspecified atom stereocenters. The molecule has 0 radical (unpaired) electrons. The van der Waals surface area contributed by atoms with E-state index in [4.69, 9.17) is 10.5 Å². The summed E-state index contributed by atoms with van der Waals surface area (Å²) >= 11 is 0. The molecule has 6 nitrogen and oxygen atoms in total. The van der Waals surface area contributed by atoms with Gasteiger partial charge in [0, 0.05) is 18.0 Å². The number of pyridine rings is 1.